The summed E-state index contributed by atoms with van der Waals surface area (Å²) in [6.45, 7) is -0.0188. The summed E-state index contributed by atoms with van der Waals surface area (Å²) in [5, 5.41) is 19.4. The van der Waals surface area contributed by atoms with Gasteiger partial charge in [-0.25, -0.2) is 4.79 Å². The summed E-state index contributed by atoms with van der Waals surface area (Å²) in [7, 11) is 4.27. The zero-order chi connectivity index (χ0) is 19.1. The molecule has 0 atom stereocenters. The molecule has 0 amide bonds. The van der Waals surface area contributed by atoms with Gasteiger partial charge < -0.3 is 29.2 Å². The quantitative estimate of drug-likeness (QED) is 0.579. The van der Waals surface area contributed by atoms with Gasteiger partial charge in [-0.1, -0.05) is 6.07 Å². The van der Waals surface area contributed by atoms with E-state index in [0.29, 0.717) is 16.9 Å². The third-order valence-corrected chi connectivity index (χ3v) is 3.54. The SMILES string of the molecule is COc1cc(/C=C/C(=O)OCc2cc(OC)c(O)c(OC)c2)ccc1O. The van der Waals surface area contributed by atoms with Crippen LogP contribution >= 0.6 is 0 Å². The van der Waals surface area contributed by atoms with Crippen molar-refractivity contribution in [3.05, 3.63) is 47.5 Å². The number of hydrogen-bond acceptors (Lipinski definition) is 7. The molecule has 0 heterocycles. The fourth-order valence-corrected chi connectivity index (χ4v) is 2.20. The Kier molecular flexibility index (Phi) is 6.32. The molecular formula is C19H20O7. The number of carbonyl (C=O) groups excluding carboxylic acids is 1. The van der Waals surface area contributed by atoms with E-state index in [4.69, 9.17) is 18.9 Å². The molecule has 2 N–H and O–H groups in total. The zero-order valence-corrected chi connectivity index (χ0v) is 14.7. The first-order valence-electron chi connectivity index (χ1n) is 7.64. The highest BCUT2D eigenvalue weighted by molar-refractivity contribution is 5.87. The minimum absolute atomic E-state index is 0.0162. The van der Waals surface area contributed by atoms with Gasteiger partial charge in [-0.2, -0.15) is 0 Å². The second kappa shape index (κ2) is 8.66. The molecule has 0 aliphatic carbocycles. The summed E-state index contributed by atoms with van der Waals surface area (Å²) in [6.07, 6.45) is 2.81. The maximum atomic E-state index is 11.9. The Balaban J connectivity index is 2.03. The topological polar surface area (TPSA) is 94.5 Å². The summed E-state index contributed by atoms with van der Waals surface area (Å²) in [5.74, 6) is 0.102. The maximum absolute atomic E-state index is 11.9. The number of benzene rings is 2. The minimum atomic E-state index is -0.553. The number of methoxy groups -OCH3 is 3. The average molecular weight is 360 g/mol. The molecule has 2 rings (SSSR count). The van der Waals surface area contributed by atoms with Crippen molar-refractivity contribution in [2.24, 2.45) is 0 Å². The Labute approximate surface area is 151 Å². The van der Waals surface area contributed by atoms with Crippen LogP contribution in [0.25, 0.3) is 6.08 Å². The van der Waals surface area contributed by atoms with E-state index in [1.807, 2.05) is 0 Å². The van der Waals surface area contributed by atoms with Gasteiger partial charge in [0.2, 0.25) is 5.75 Å². The molecular weight excluding hydrogens is 340 g/mol. The van der Waals surface area contributed by atoms with Crippen molar-refractivity contribution >= 4 is 12.0 Å². The van der Waals surface area contributed by atoms with Crippen molar-refractivity contribution in [1.29, 1.82) is 0 Å². The molecule has 0 aliphatic heterocycles. The van der Waals surface area contributed by atoms with Crippen LogP contribution in [0.4, 0.5) is 0 Å². The van der Waals surface area contributed by atoms with Gasteiger partial charge in [0.25, 0.3) is 0 Å². The minimum Gasteiger partial charge on any atom is -0.504 e. The largest absolute Gasteiger partial charge is 0.504 e. The van der Waals surface area contributed by atoms with E-state index in [0.717, 1.165) is 0 Å². The Hall–Kier alpha value is -3.35. The molecule has 0 spiro atoms. The van der Waals surface area contributed by atoms with Crippen molar-refractivity contribution in [3.63, 3.8) is 0 Å². The lowest BCUT2D eigenvalue weighted by Crippen LogP contribution is -2.01. The second-order valence-electron chi connectivity index (χ2n) is 5.22. The van der Waals surface area contributed by atoms with Crippen LogP contribution in [0.3, 0.4) is 0 Å². The van der Waals surface area contributed by atoms with Crippen molar-refractivity contribution in [1.82, 2.24) is 0 Å². The highest BCUT2D eigenvalue weighted by atomic mass is 16.5. The van der Waals surface area contributed by atoms with E-state index in [-0.39, 0.29) is 29.6 Å². The van der Waals surface area contributed by atoms with E-state index in [2.05, 4.69) is 0 Å². The van der Waals surface area contributed by atoms with Crippen LogP contribution in [0.5, 0.6) is 28.7 Å². The molecule has 0 radical (unpaired) electrons. The van der Waals surface area contributed by atoms with Crippen molar-refractivity contribution in [2.75, 3.05) is 21.3 Å². The lowest BCUT2D eigenvalue weighted by molar-refractivity contribution is -0.138. The van der Waals surface area contributed by atoms with Crippen LogP contribution < -0.4 is 14.2 Å². The monoisotopic (exact) mass is 360 g/mol. The normalized spacial score (nSPS) is 10.6. The number of carbonyl (C=O) groups is 1. The predicted molar refractivity (Wildman–Crippen MR) is 94.7 cm³/mol. The van der Waals surface area contributed by atoms with E-state index in [1.54, 1.807) is 30.3 Å². The van der Waals surface area contributed by atoms with Crippen LogP contribution in [0.15, 0.2) is 36.4 Å². The van der Waals surface area contributed by atoms with E-state index in [1.165, 1.54) is 33.5 Å². The van der Waals surface area contributed by atoms with Crippen molar-refractivity contribution in [3.8, 4) is 28.7 Å². The molecule has 7 nitrogen and oxygen atoms in total. The molecule has 7 heteroatoms. The van der Waals surface area contributed by atoms with Crippen LogP contribution in [-0.2, 0) is 16.1 Å². The Morgan fingerprint density at radius 2 is 1.58 bits per heavy atom. The standard InChI is InChI=1S/C19H20O7/c1-23-15-8-12(4-6-14(15)20)5-7-18(21)26-11-13-9-16(24-2)19(22)17(10-13)25-3/h4-10,20,22H,11H2,1-3H3/b7-5+. The van der Waals surface area contributed by atoms with Gasteiger partial charge in [0.05, 0.1) is 21.3 Å². The number of ether oxygens (including phenoxy) is 4. The molecule has 138 valence electrons. The van der Waals surface area contributed by atoms with Gasteiger partial charge >= 0.3 is 5.97 Å². The first-order chi connectivity index (χ1) is 12.5. The van der Waals surface area contributed by atoms with Gasteiger partial charge in [-0.15, -0.1) is 0 Å². The summed E-state index contributed by atoms with van der Waals surface area (Å²) >= 11 is 0. The molecule has 0 bridgehead atoms. The number of aromatic hydroxyl groups is 2. The molecule has 2 aromatic rings. The first-order valence-corrected chi connectivity index (χ1v) is 7.64. The third kappa shape index (κ3) is 4.60. The number of phenols is 2. The Bertz CT molecular complexity index is 787. The predicted octanol–water partition coefficient (Wildman–Crippen LogP) is 2.88. The fraction of sp³-hybridized carbons (Fsp3) is 0.211. The lowest BCUT2D eigenvalue weighted by atomic mass is 10.2. The van der Waals surface area contributed by atoms with Crippen LogP contribution in [0.2, 0.25) is 0 Å². The zero-order valence-electron chi connectivity index (χ0n) is 14.7. The number of hydrogen-bond donors (Lipinski definition) is 2. The fourth-order valence-electron chi connectivity index (χ4n) is 2.20. The molecule has 2 aromatic carbocycles. The Morgan fingerprint density at radius 3 is 2.15 bits per heavy atom. The molecule has 0 saturated carbocycles. The molecule has 26 heavy (non-hydrogen) atoms. The van der Waals surface area contributed by atoms with Crippen molar-refractivity contribution in [2.45, 2.75) is 6.61 Å². The van der Waals surface area contributed by atoms with Crippen LogP contribution in [0, 0.1) is 0 Å². The molecule has 0 aliphatic rings. The van der Waals surface area contributed by atoms with E-state index >= 15 is 0 Å². The smallest absolute Gasteiger partial charge is 0.331 e. The van der Waals surface area contributed by atoms with Gasteiger partial charge in [0.1, 0.15) is 6.61 Å². The second-order valence-corrected chi connectivity index (χ2v) is 5.22. The van der Waals surface area contributed by atoms with E-state index < -0.39 is 5.97 Å². The molecule has 0 fully saturated rings. The van der Waals surface area contributed by atoms with Crippen LogP contribution in [0.1, 0.15) is 11.1 Å². The number of rotatable bonds is 7. The highest BCUT2D eigenvalue weighted by Gasteiger charge is 2.12. The molecule has 0 aromatic heterocycles. The average Bonchev–Trinajstić information content (AvgIpc) is 2.66. The number of phenolic OH excluding ortho intramolecular Hbond substituents is 2. The summed E-state index contributed by atoms with van der Waals surface area (Å²) in [5.41, 5.74) is 1.27. The highest BCUT2D eigenvalue weighted by Crippen LogP contribution is 2.37. The first kappa shape index (κ1) is 19.0. The summed E-state index contributed by atoms with van der Waals surface area (Å²) in [6, 6.07) is 7.81. The summed E-state index contributed by atoms with van der Waals surface area (Å²) < 4.78 is 20.3. The molecule has 0 unspecified atom stereocenters. The van der Waals surface area contributed by atoms with Gasteiger partial charge in [0, 0.05) is 6.08 Å². The third-order valence-electron chi connectivity index (χ3n) is 3.54. The molecule has 0 saturated heterocycles. The lowest BCUT2D eigenvalue weighted by Gasteiger charge is -2.11. The number of esters is 1. The Morgan fingerprint density at radius 1 is 0.962 bits per heavy atom. The van der Waals surface area contributed by atoms with Gasteiger partial charge in [-0.3, -0.25) is 0 Å². The van der Waals surface area contributed by atoms with Crippen molar-refractivity contribution < 1.29 is 34.0 Å². The van der Waals surface area contributed by atoms with E-state index in [9.17, 15) is 15.0 Å². The van der Waals surface area contributed by atoms with Gasteiger partial charge in [0.15, 0.2) is 23.0 Å². The van der Waals surface area contributed by atoms with Crippen LogP contribution in [-0.4, -0.2) is 37.5 Å². The maximum Gasteiger partial charge on any atom is 0.331 e. The summed E-state index contributed by atoms with van der Waals surface area (Å²) in [4.78, 5) is 11.9. The van der Waals surface area contributed by atoms with Gasteiger partial charge in [-0.05, 0) is 41.5 Å².